The first-order valence-corrected chi connectivity index (χ1v) is 6.45. The Hall–Kier alpha value is -1.95. The number of amides is 1. The first-order valence-electron chi connectivity index (χ1n) is 6.45. The zero-order valence-electron chi connectivity index (χ0n) is 11.9. The fourth-order valence-corrected chi connectivity index (χ4v) is 2.42. The van der Waals surface area contributed by atoms with Crippen LogP contribution in [-0.4, -0.2) is 33.3 Å². The second-order valence-corrected chi connectivity index (χ2v) is 4.70. The van der Waals surface area contributed by atoms with E-state index in [-0.39, 0.29) is 18.0 Å². The Labute approximate surface area is 118 Å². The lowest BCUT2D eigenvalue weighted by atomic mass is 9.92. The summed E-state index contributed by atoms with van der Waals surface area (Å²) in [6.45, 7) is 0. The summed E-state index contributed by atoms with van der Waals surface area (Å²) in [5, 5.41) is 2.91. The molecule has 110 valence electrons. The second kappa shape index (κ2) is 6.00. The average Bonchev–Trinajstić information content (AvgIpc) is 2.48. The van der Waals surface area contributed by atoms with Gasteiger partial charge in [0.1, 0.15) is 5.75 Å². The van der Waals surface area contributed by atoms with E-state index in [1.807, 2.05) is 0 Å². The third kappa shape index (κ3) is 2.65. The molecule has 6 heteroatoms. The molecule has 2 unspecified atom stereocenters. The maximum absolute atomic E-state index is 11.6. The Balaban J connectivity index is 2.45. The van der Waals surface area contributed by atoms with E-state index in [4.69, 9.17) is 19.9 Å². The van der Waals surface area contributed by atoms with Crippen LogP contribution in [0.25, 0.3) is 0 Å². The van der Waals surface area contributed by atoms with Gasteiger partial charge in [0.2, 0.25) is 5.91 Å². The normalized spacial score (nSPS) is 22.1. The van der Waals surface area contributed by atoms with E-state index in [9.17, 15) is 4.79 Å². The molecule has 0 bridgehead atoms. The topological polar surface area (TPSA) is 82.8 Å². The zero-order chi connectivity index (χ0) is 14.7. The van der Waals surface area contributed by atoms with E-state index in [1.54, 1.807) is 33.5 Å². The molecule has 0 aliphatic carbocycles. The predicted octanol–water partition coefficient (Wildman–Crippen LogP) is 0.991. The van der Waals surface area contributed by atoms with Gasteiger partial charge in [-0.05, 0) is 12.5 Å². The Bertz CT molecular complexity index is 504. The number of rotatable bonds is 4. The van der Waals surface area contributed by atoms with Crippen molar-refractivity contribution in [3.05, 3.63) is 17.7 Å². The molecule has 20 heavy (non-hydrogen) atoms. The van der Waals surface area contributed by atoms with Crippen LogP contribution < -0.4 is 25.3 Å². The van der Waals surface area contributed by atoms with Gasteiger partial charge in [-0.2, -0.15) is 0 Å². The molecular weight excluding hydrogens is 260 g/mol. The Morgan fingerprint density at radius 1 is 1.10 bits per heavy atom. The van der Waals surface area contributed by atoms with Crippen molar-refractivity contribution in [3.8, 4) is 17.2 Å². The third-order valence-corrected chi connectivity index (χ3v) is 3.52. The van der Waals surface area contributed by atoms with Crippen molar-refractivity contribution in [2.75, 3.05) is 21.3 Å². The van der Waals surface area contributed by atoms with Gasteiger partial charge >= 0.3 is 0 Å². The van der Waals surface area contributed by atoms with Gasteiger partial charge in [-0.25, -0.2) is 0 Å². The summed E-state index contributed by atoms with van der Waals surface area (Å²) in [6.07, 6.45) is 1.10. The van der Waals surface area contributed by atoms with Crippen molar-refractivity contribution in [1.29, 1.82) is 0 Å². The number of methoxy groups -OCH3 is 3. The second-order valence-electron chi connectivity index (χ2n) is 4.70. The fourth-order valence-electron chi connectivity index (χ4n) is 2.42. The average molecular weight is 280 g/mol. The number of hydrogen-bond donors (Lipinski definition) is 2. The van der Waals surface area contributed by atoms with Crippen molar-refractivity contribution >= 4 is 5.91 Å². The highest BCUT2D eigenvalue weighted by molar-refractivity contribution is 5.78. The van der Waals surface area contributed by atoms with Crippen LogP contribution in [0, 0.1) is 0 Å². The van der Waals surface area contributed by atoms with Crippen LogP contribution in [0.15, 0.2) is 12.1 Å². The molecule has 0 saturated carbocycles. The van der Waals surface area contributed by atoms with Gasteiger partial charge in [0.05, 0.1) is 27.4 Å². The van der Waals surface area contributed by atoms with Gasteiger partial charge in [0.25, 0.3) is 0 Å². The standard InChI is InChI=1S/C14H20N2O4/c1-18-10-7-12(20-3)11(19-2)6-8(10)14-9(15)4-5-13(17)16-14/h6-7,9,14H,4-5,15H2,1-3H3,(H,16,17). The van der Waals surface area contributed by atoms with Crippen molar-refractivity contribution in [3.63, 3.8) is 0 Å². The number of benzene rings is 1. The third-order valence-electron chi connectivity index (χ3n) is 3.52. The van der Waals surface area contributed by atoms with Crippen LogP contribution in [0.3, 0.4) is 0 Å². The molecule has 1 aliphatic heterocycles. The Morgan fingerprint density at radius 2 is 1.70 bits per heavy atom. The number of nitrogens with two attached hydrogens (primary N) is 1. The van der Waals surface area contributed by atoms with Gasteiger partial charge in [0.15, 0.2) is 11.5 Å². The largest absolute Gasteiger partial charge is 0.496 e. The van der Waals surface area contributed by atoms with Crippen molar-refractivity contribution in [1.82, 2.24) is 5.32 Å². The van der Waals surface area contributed by atoms with Crippen LogP contribution in [0.1, 0.15) is 24.4 Å². The SMILES string of the molecule is COc1cc(OC)c(C2NC(=O)CCC2N)cc1OC. The Morgan fingerprint density at radius 3 is 2.30 bits per heavy atom. The minimum absolute atomic E-state index is 0.00598. The zero-order valence-corrected chi connectivity index (χ0v) is 11.9. The summed E-state index contributed by atoms with van der Waals surface area (Å²) in [4.78, 5) is 11.6. The summed E-state index contributed by atoms with van der Waals surface area (Å²) in [5.74, 6) is 1.76. The fraction of sp³-hybridized carbons (Fsp3) is 0.500. The molecule has 1 aromatic rings. The number of carbonyl (C=O) groups is 1. The molecule has 0 radical (unpaired) electrons. The molecule has 1 fully saturated rings. The van der Waals surface area contributed by atoms with Gasteiger partial charge < -0.3 is 25.3 Å². The quantitative estimate of drug-likeness (QED) is 0.859. The number of nitrogens with one attached hydrogen (secondary N) is 1. The predicted molar refractivity (Wildman–Crippen MR) is 74.2 cm³/mol. The van der Waals surface area contributed by atoms with E-state index in [0.29, 0.717) is 30.1 Å². The van der Waals surface area contributed by atoms with Crippen LogP contribution in [-0.2, 0) is 4.79 Å². The van der Waals surface area contributed by atoms with E-state index in [2.05, 4.69) is 5.32 Å². The smallest absolute Gasteiger partial charge is 0.220 e. The lowest BCUT2D eigenvalue weighted by molar-refractivity contribution is -0.123. The summed E-state index contributed by atoms with van der Waals surface area (Å²) in [6, 6.07) is 3.10. The monoisotopic (exact) mass is 280 g/mol. The first-order chi connectivity index (χ1) is 9.60. The number of hydrogen-bond acceptors (Lipinski definition) is 5. The number of piperidine rings is 1. The van der Waals surface area contributed by atoms with E-state index in [1.165, 1.54) is 0 Å². The van der Waals surface area contributed by atoms with E-state index < -0.39 is 0 Å². The van der Waals surface area contributed by atoms with Gasteiger partial charge in [-0.1, -0.05) is 0 Å². The molecule has 2 rings (SSSR count). The number of ether oxygens (including phenoxy) is 3. The summed E-state index contributed by atoms with van der Waals surface area (Å²) in [5.41, 5.74) is 6.91. The highest BCUT2D eigenvalue weighted by Crippen LogP contribution is 2.39. The van der Waals surface area contributed by atoms with Gasteiger partial charge in [0, 0.05) is 24.1 Å². The minimum atomic E-state index is -0.286. The van der Waals surface area contributed by atoms with Crippen molar-refractivity contribution < 1.29 is 19.0 Å². The number of carbonyl (C=O) groups excluding carboxylic acids is 1. The van der Waals surface area contributed by atoms with Gasteiger partial charge in [-0.15, -0.1) is 0 Å². The highest BCUT2D eigenvalue weighted by atomic mass is 16.5. The van der Waals surface area contributed by atoms with Crippen LogP contribution in [0.5, 0.6) is 17.2 Å². The molecule has 1 heterocycles. The molecule has 0 spiro atoms. The van der Waals surface area contributed by atoms with Crippen LogP contribution in [0.2, 0.25) is 0 Å². The lowest BCUT2D eigenvalue weighted by Crippen LogP contribution is -2.45. The molecule has 6 nitrogen and oxygen atoms in total. The first kappa shape index (κ1) is 14.5. The van der Waals surface area contributed by atoms with Crippen molar-refractivity contribution in [2.45, 2.75) is 24.9 Å². The molecule has 1 saturated heterocycles. The summed E-state index contributed by atoms with van der Waals surface area (Å²) in [7, 11) is 4.69. The molecule has 2 atom stereocenters. The molecular formula is C14H20N2O4. The molecule has 1 aromatic carbocycles. The molecule has 0 aromatic heterocycles. The molecule has 1 amide bonds. The maximum atomic E-state index is 11.6. The minimum Gasteiger partial charge on any atom is -0.496 e. The van der Waals surface area contributed by atoms with Crippen LogP contribution >= 0.6 is 0 Å². The highest BCUT2D eigenvalue weighted by Gasteiger charge is 2.30. The maximum Gasteiger partial charge on any atom is 0.220 e. The molecule has 1 aliphatic rings. The Kier molecular flexibility index (Phi) is 4.34. The lowest BCUT2D eigenvalue weighted by Gasteiger charge is -2.31. The summed E-state index contributed by atoms with van der Waals surface area (Å²) >= 11 is 0. The van der Waals surface area contributed by atoms with Gasteiger partial charge in [-0.3, -0.25) is 4.79 Å². The van der Waals surface area contributed by atoms with E-state index >= 15 is 0 Å². The summed E-state index contributed by atoms with van der Waals surface area (Å²) < 4.78 is 15.9. The van der Waals surface area contributed by atoms with Crippen molar-refractivity contribution in [2.24, 2.45) is 5.73 Å². The molecule has 3 N–H and O–H groups in total. The van der Waals surface area contributed by atoms with E-state index in [0.717, 1.165) is 5.56 Å². The van der Waals surface area contributed by atoms with Crippen LogP contribution in [0.4, 0.5) is 0 Å².